The summed E-state index contributed by atoms with van der Waals surface area (Å²) in [5.41, 5.74) is 2.88. The van der Waals surface area contributed by atoms with E-state index in [4.69, 9.17) is 4.98 Å². The Kier molecular flexibility index (Phi) is 5.00. The summed E-state index contributed by atoms with van der Waals surface area (Å²) >= 11 is 2.18. The summed E-state index contributed by atoms with van der Waals surface area (Å²) in [6.07, 6.45) is 9.82. The van der Waals surface area contributed by atoms with Crippen molar-refractivity contribution in [2.24, 2.45) is 0 Å². The zero-order valence-corrected chi connectivity index (χ0v) is 13.3. The Hall–Kier alpha value is -0.540. The van der Waals surface area contributed by atoms with Crippen molar-refractivity contribution < 1.29 is 0 Å². The molecule has 1 N–H and O–H groups in total. The quantitative estimate of drug-likeness (QED) is 0.893. The molecule has 1 aromatic heterocycles. The fourth-order valence-electron chi connectivity index (χ4n) is 3.72. The highest BCUT2D eigenvalue weighted by atomic mass is 32.2. The highest BCUT2D eigenvalue weighted by Gasteiger charge is 2.35. The molecule has 3 heteroatoms. The lowest BCUT2D eigenvalue weighted by molar-refractivity contribution is 0.371. The number of rotatable bonds is 5. The number of pyridine rings is 1. The maximum Gasteiger partial charge on any atom is 0.0482 e. The van der Waals surface area contributed by atoms with Gasteiger partial charge in [0.15, 0.2) is 0 Å². The molecule has 0 spiro atoms. The second-order valence-corrected chi connectivity index (χ2v) is 7.42. The van der Waals surface area contributed by atoms with Gasteiger partial charge in [-0.3, -0.25) is 4.98 Å². The summed E-state index contributed by atoms with van der Waals surface area (Å²) in [6, 6.07) is 5.00. The van der Waals surface area contributed by atoms with Crippen LogP contribution in [0, 0.1) is 0 Å². The third-order valence-corrected chi connectivity index (χ3v) is 6.15. The van der Waals surface area contributed by atoms with E-state index in [-0.39, 0.29) is 0 Å². The second kappa shape index (κ2) is 6.95. The van der Waals surface area contributed by atoms with Crippen molar-refractivity contribution in [1.29, 1.82) is 0 Å². The molecule has 3 rings (SSSR count). The molecule has 1 fully saturated rings. The number of nitrogens with zero attached hydrogens (tertiary/aromatic N) is 1. The molecule has 20 heavy (non-hydrogen) atoms. The topological polar surface area (TPSA) is 24.9 Å². The smallest absolute Gasteiger partial charge is 0.0482 e. The summed E-state index contributed by atoms with van der Waals surface area (Å²) in [4.78, 5) is 4.75. The third-order valence-electron chi connectivity index (χ3n) is 4.67. The number of hydrogen-bond acceptors (Lipinski definition) is 3. The van der Waals surface area contributed by atoms with E-state index in [2.05, 4.69) is 36.1 Å². The predicted molar refractivity (Wildman–Crippen MR) is 87.5 cm³/mol. The van der Waals surface area contributed by atoms with Gasteiger partial charge in [-0.1, -0.05) is 13.0 Å². The van der Waals surface area contributed by atoms with Crippen LogP contribution in [0.25, 0.3) is 0 Å². The van der Waals surface area contributed by atoms with Crippen LogP contribution in [0.5, 0.6) is 0 Å². The van der Waals surface area contributed by atoms with Crippen molar-refractivity contribution in [3.05, 3.63) is 29.6 Å². The molecule has 0 amide bonds. The van der Waals surface area contributed by atoms with E-state index in [1.54, 1.807) is 0 Å². The number of hydrogen-bond donors (Lipinski definition) is 1. The highest BCUT2D eigenvalue weighted by molar-refractivity contribution is 8.00. The van der Waals surface area contributed by atoms with Crippen LogP contribution in [0.1, 0.15) is 56.2 Å². The number of aryl methyl sites for hydroxylation is 1. The molecule has 0 aromatic carbocycles. The van der Waals surface area contributed by atoms with E-state index in [0.29, 0.717) is 12.0 Å². The lowest BCUT2D eigenvalue weighted by atomic mass is 9.80. The van der Waals surface area contributed by atoms with Crippen molar-refractivity contribution in [3.8, 4) is 0 Å². The largest absolute Gasteiger partial charge is 0.312 e. The normalized spacial score (nSPS) is 27.2. The Bertz CT molecular complexity index is 429. The Morgan fingerprint density at radius 1 is 1.40 bits per heavy atom. The van der Waals surface area contributed by atoms with Crippen molar-refractivity contribution >= 4 is 11.8 Å². The molecular weight excluding hydrogens is 264 g/mol. The monoisotopic (exact) mass is 290 g/mol. The van der Waals surface area contributed by atoms with E-state index in [1.807, 2.05) is 6.20 Å². The first-order chi connectivity index (χ1) is 9.90. The van der Waals surface area contributed by atoms with Gasteiger partial charge in [-0.15, -0.1) is 0 Å². The molecule has 0 radical (unpaired) electrons. The molecule has 1 aliphatic heterocycles. The molecule has 1 saturated heterocycles. The standard InChI is InChI=1S/C17H26N2S/c1-2-10-18-17(15-9-5-12-20-15)14-8-3-6-13-7-4-11-19-16(13)14/h4,7,11,14-15,17-18H,2-3,5-6,8-10,12H2,1H3. The molecule has 3 unspecified atom stereocenters. The molecule has 0 saturated carbocycles. The van der Waals surface area contributed by atoms with Crippen molar-refractivity contribution in [2.75, 3.05) is 12.3 Å². The molecule has 2 nitrogen and oxygen atoms in total. The van der Waals surface area contributed by atoms with Gasteiger partial charge in [0.1, 0.15) is 0 Å². The fraction of sp³-hybridized carbons (Fsp3) is 0.706. The van der Waals surface area contributed by atoms with Gasteiger partial charge in [0.2, 0.25) is 0 Å². The van der Waals surface area contributed by atoms with Crippen LogP contribution in [0.2, 0.25) is 0 Å². The van der Waals surface area contributed by atoms with E-state index >= 15 is 0 Å². The van der Waals surface area contributed by atoms with E-state index in [1.165, 1.54) is 55.5 Å². The zero-order valence-electron chi connectivity index (χ0n) is 12.5. The van der Waals surface area contributed by atoms with Crippen LogP contribution in [0.3, 0.4) is 0 Å². The maximum absolute atomic E-state index is 4.75. The maximum atomic E-state index is 4.75. The molecule has 1 aromatic rings. The number of thioether (sulfide) groups is 1. The van der Waals surface area contributed by atoms with Crippen LogP contribution in [0.15, 0.2) is 18.3 Å². The van der Waals surface area contributed by atoms with Crippen LogP contribution < -0.4 is 5.32 Å². The summed E-state index contributed by atoms with van der Waals surface area (Å²) < 4.78 is 0. The summed E-state index contributed by atoms with van der Waals surface area (Å²) in [7, 11) is 0. The molecule has 110 valence electrons. The van der Waals surface area contributed by atoms with Crippen LogP contribution in [-0.2, 0) is 6.42 Å². The molecule has 2 aliphatic rings. The fourth-order valence-corrected chi connectivity index (χ4v) is 5.19. The summed E-state index contributed by atoms with van der Waals surface area (Å²) in [5.74, 6) is 1.97. The van der Waals surface area contributed by atoms with Gasteiger partial charge in [0, 0.05) is 29.1 Å². The van der Waals surface area contributed by atoms with Gasteiger partial charge >= 0.3 is 0 Å². The first kappa shape index (κ1) is 14.4. The van der Waals surface area contributed by atoms with Crippen LogP contribution in [0.4, 0.5) is 0 Å². The Morgan fingerprint density at radius 2 is 2.35 bits per heavy atom. The Morgan fingerprint density at radius 3 is 3.15 bits per heavy atom. The zero-order chi connectivity index (χ0) is 13.8. The predicted octanol–water partition coefficient (Wildman–Crippen LogP) is 3.77. The Labute approximate surface area is 127 Å². The molecule has 1 aliphatic carbocycles. The Balaban J connectivity index is 1.83. The van der Waals surface area contributed by atoms with E-state index < -0.39 is 0 Å². The molecular formula is C17H26N2S. The van der Waals surface area contributed by atoms with Gasteiger partial charge in [-0.05, 0) is 62.5 Å². The first-order valence-corrected chi connectivity index (χ1v) is 9.24. The SMILES string of the molecule is CCCNC(C1CCCS1)C1CCCc2cccnc21. The van der Waals surface area contributed by atoms with Gasteiger partial charge in [-0.25, -0.2) is 0 Å². The van der Waals surface area contributed by atoms with Gasteiger partial charge in [0.25, 0.3) is 0 Å². The molecule has 0 bridgehead atoms. The average Bonchev–Trinajstić information content (AvgIpc) is 3.02. The summed E-state index contributed by atoms with van der Waals surface area (Å²) in [6.45, 7) is 3.40. The van der Waals surface area contributed by atoms with Crippen LogP contribution in [-0.4, -0.2) is 28.6 Å². The van der Waals surface area contributed by atoms with E-state index in [9.17, 15) is 0 Å². The van der Waals surface area contributed by atoms with Crippen molar-refractivity contribution in [3.63, 3.8) is 0 Å². The van der Waals surface area contributed by atoms with Gasteiger partial charge < -0.3 is 5.32 Å². The highest BCUT2D eigenvalue weighted by Crippen LogP contribution is 2.39. The van der Waals surface area contributed by atoms with Gasteiger partial charge in [-0.2, -0.15) is 11.8 Å². The lowest BCUT2D eigenvalue weighted by Crippen LogP contribution is -2.44. The van der Waals surface area contributed by atoms with E-state index in [0.717, 1.165) is 11.8 Å². The average molecular weight is 290 g/mol. The van der Waals surface area contributed by atoms with Gasteiger partial charge in [0.05, 0.1) is 0 Å². The number of nitrogens with one attached hydrogen (secondary N) is 1. The van der Waals surface area contributed by atoms with Crippen LogP contribution >= 0.6 is 11.8 Å². The minimum Gasteiger partial charge on any atom is -0.312 e. The molecule has 3 atom stereocenters. The minimum atomic E-state index is 0.622. The number of aromatic nitrogens is 1. The summed E-state index contributed by atoms with van der Waals surface area (Å²) in [5, 5.41) is 4.65. The minimum absolute atomic E-state index is 0.622. The second-order valence-electron chi connectivity index (χ2n) is 6.08. The van der Waals surface area contributed by atoms with Crippen molar-refractivity contribution in [2.45, 2.75) is 62.7 Å². The first-order valence-electron chi connectivity index (χ1n) is 8.19. The van der Waals surface area contributed by atoms with Crippen molar-refractivity contribution in [1.82, 2.24) is 10.3 Å². The lowest BCUT2D eigenvalue weighted by Gasteiger charge is -2.35. The molecule has 2 heterocycles. The third kappa shape index (κ3) is 3.04. The number of fused-ring (bicyclic) bond motifs is 1.